The monoisotopic (exact) mass is 335 g/mol. The number of nitrogens with one attached hydrogen (secondary N) is 1. The number of furan rings is 1. The van der Waals surface area contributed by atoms with Gasteiger partial charge >= 0.3 is 5.97 Å². The molecule has 1 aromatic carbocycles. The fourth-order valence-corrected chi connectivity index (χ4v) is 2.90. The van der Waals surface area contributed by atoms with Crippen LogP contribution in [0.15, 0.2) is 47.3 Å². The summed E-state index contributed by atoms with van der Waals surface area (Å²) in [5, 5.41) is 9.16. The van der Waals surface area contributed by atoms with Gasteiger partial charge in [0.1, 0.15) is 4.75 Å². The lowest BCUT2D eigenvalue weighted by atomic mass is 10.00. The number of benzene rings is 1. The molecule has 0 saturated carbocycles. The standard InChI is InChI=1S/C17H21NO4S/c1-17(2,3)23(21)18-15(10-16(19)20)13-6-4-5-12(9-13)14-7-8-22-11-14/h4-9,11,15,18H,10H2,1-3H3,(H,19,20)/t15?,23-/m1/s1. The van der Waals surface area contributed by atoms with Gasteiger partial charge in [0.15, 0.2) is 0 Å². The van der Waals surface area contributed by atoms with Crippen molar-refractivity contribution < 1.29 is 18.9 Å². The Morgan fingerprint density at radius 2 is 2.09 bits per heavy atom. The number of hydrogen-bond donors (Lipinski definition) is 2. The van der Waals surface area contributed by atoms with E-state index in [0.717, 1.165) is 16.7 Å². The van der Waals surface area contributed by atoms with Crippen LogP contribution in [0.3, 0.4) is 0 Å². The largest absolute Gasteiger partial charge is 0.598 e. The van der Waals surface area contributed by atoms with E-state index in [4.69, 9.17) is 9.52 Å². The highest BCUT2D eigenvalue weighted by atomic mass is 32.2. The van der Waals surface area contributed by atoms with Crippen molar-refractivity contribution in [1.82, 2.24) is 4.72 Å². The van der Waals surface area contributed by atoms with E-state index >= 15 is 0 Å². The number of hydrogen-bond acceptors (Lipinski definition) is 4. The summed E-state index contributed by atoms with van der Waals surface area (Å²) in [6.45, 7) is 5.53. The Kier molecular flexibility index (Phi) is 5.51. The summed E-state index contributed by atoms with van der Waals surface area (Å²) >= 11 is -1.36. The fourth-order valence-electron chi connectivity index (χ4n) is 2.07. The van der Waals surface area contributed by atoms with Crippen molar-refractivity contribution >= 4 is 17.3 Å². The van der Waals surface area contributed by atoms with E-state index in [2.05, 4.69) is 4.72 Å². The van der Waals surface area contributed by atoms with Gasteiger partial charge in [0.2, 0.25) is 0 Å². The second-order valence-electron chi connectivity index (χ2n) is 6.29. The lowest BCUT2D eigenvalue weighted by Gasteiger charge is -2.27. The van der Waals surface area contributed by atoms with Crippen LogP contribution in [0, 0.1) is 0 Å². The minimum Gasteiger partial charge on any atom is -0.598 e. The third kappa shape index (κ3) is 4.86. The lowest BCUT2D eigenvalue weighted by molar-refractivity contribution is -0.137. The average molecular weight is 335 g/mol. The number of carboxylic acid groups (broad SMARTS) is 1. The molecule has 6 heteroatoms. The van der Waals surface area contributed by atoms with Gasteiger partial charge in [-0.15, -0.1) is 4.72 Å². The molecule has 1 unspecified atom stereocenters. The van der Waals surface area contributed by atoms with Gasteiger partial charge in [-0.3, -0.25) is 4.79 Å². The van der Waals surface area contributed by atoms with E-state index < -0.39 is 28.1 Å². The molecule has 0 bridgehead atoms. The number of aliphatic carboxylic acids is 1. The Labute approximate surface area is 139 Å². The first-order valence-corrected chi connectivity index (χ1v) is 8.45. The average Bonchev–Trinajstić information content (AvgIpc) is 2.99. The molecule has 5 nitrogen and oxygen atoms in total. The third-order valence-electron chi connectivity index (χ3n) is 3.33. The van der Waals surface area contributed by atoms with Crippen LogP contribution in [0.4, 0.5) is 0 Å². The van der Waals surface area contributed by atoms with Gasteiger partial charge in [-0.2, -0.15) is 0 Å². The van der Waals surface area contributed by atoms with E-state index in [1.165, 1.54) is 0 Å². The van der Waals surface area contributed by atoms with Crippen molar-refractivity contribution in [3.05, 3.63) is 48.4 Å². The Hall–Kier alpha value is -1.76. The van der Waals surface area contributed by atoms with Crippen molar-refractivity contribution in [3.8, 4) is 11.1 Å². The number of carbonyl (C=O) groups is 1. The van der Waals surface area contributed by atoms with Crippen molar-refractivity contribution in [2.24, 2.45) is 0 Å². The smallest absolute Gasteiger partial charge is 0.305 e. The molecule has 2 aromatic rings. The van der Waals surface area contributed by atoms with Gasteiger partial charge in [-0.25, -0.2) is 0 Å². The van der Waals surface area contributed by atoms with Crippen molar-refractivity contribution in [3.63, 3.8) is 0 Å². The Morgan fingerprint density at radius 1 is 1.35 bits per heavy atom. The zero-order valence-corrected chi connectivity index (χ0v) is 14.2. The molecule has 1 heterocycles. The molecule has 0 saturated heterocycles. The molecule has 2 N–H and O–H groups in total. The van der Waals surface area contributed by atoms with Gasteiger partial charge < -0.3 is 14.1 Å². The van der Waals surface area contributed by atoms with Crippen LogP contribution in [-0.4, -0.2) is 20.4 Å². The summed E-state index contributed by atoms with van der Waals surface area (Å²) in [5.74, 6) is -0.942. The maximum absolute atomic E-state index is 12.3. The molecule has 0 amide bonds. The Bertz CT molecular complexity index is 649. The van der Waals surface area contributed by atoms with E-state index in [1.807, 2.05) is 51.1 Å². The second-order valence-corrected chi connectivity index (χ2v) is 8.28. The highest BCUT2D eigenvalue weighted by Crippen LogP contribution is 2.27. The third-order valence-corrected chi connectivity index (χ3v) is 4.94. The molecule has 0 fully saturated rings. The van der Waals surface area contributed by atoms with Crippen LogP contribution < -0.4 is 4.72 Å². The summed E-state index contributed by atoms with van der Waals surface area (Å²) in [5.41, 5.74) is 2.62. The first-order chi connectivity index (χ1) is 10.8. The molecule has 0 aliphatic heterocycles. The van der Waals surface area contributed by atoms with E-state index in [0.29, 0.717) is 0 Å². The topological polar surface area (TPSA) is 85.5 Å². The molecule has 1 aromatic heterocycles. The fraction of sp³-hybridized carbons (Fsp3) is 0.353. The molecular formula is C17H21NO4S. The number of rotatable bonds is 6. The highest BCUT2D eigenvalue weighted by molar-refractivity contribution is 7.90. The van der Waals surface area contributed by atoms with Crippen molar-refractivity contribution in [2.45, 2.75) is 38.0 Å². The molecule has 23 heavy (non-hydrogen) atoms. The van der Waals surface area contributed by atoms with Gasteiger partial charge in [-0.1, -0.05) is 18.2 Å². The van der Waals surface area contributed by atoms with Gasteiger partial charge in [0, 0.05) is 16.9 Å². The van der Waals surface area contributed by atoms with Crippen LogP contribution in [0.1, 0.15) is 38.8 Å². The van der Waals surface area contributed by atoms with Crippen molar-refractivity contribution in [2.75, 3.05) is 0 Å². The summed E-state index contributed by atoms with van der Waals surface area (Å²) in [6.07, 6.45) is 3.08. The second kappa shape index (κ2) is 7.21. The van der Waals surface area contributed by atoms with E-state index in [9.17, 15) is 9.35 Å². The predicted molar refractivity (Wildman–Crippen MR) is 90.2 cm³/mol. The van der Waals surface area contributed by atoms with Crippen LogP contribution in [-0.2, 0) is 16.2 Å². The molecular weight excluding hydrogens is 314 g/mol. The molecule has 0 radical (unpaired) electrons. The van der Waals surface area contributed by atoms with E-state index in [-0.39, 0.29) is 6.42 Å². The summed E-state index contributed by atoms with van der Waals surface area (Å²) < 4.78 is 19.9. The minimum absolute atomic E-state index is 0.142. The van der Waals surface area contributed by atoms with Gasteiger partial charge in [-0.05, 0) is 44.0 Å². The molecule has 124 valence electrons. The van der Waals surface area contributed by atoms with Gasteiger partial charge in [0.25, 0.3) is 0 Å². The first-order valence-electron chi connectivity index (χ1n) is 7.30. The first kappa shape index (κ1) is 17.6. The zero-order chi connectivity index (χ0) is 17.0. The predicted octanol–water partition coefficient (Wildman–Crippen LogP) is 3.51. The van der Waals surface area contributed by atoms with Gasteiger partial charge in [0.05, 0.1) is 25.0 Å². The normalized spacial score (nSPS) is 14.4. The Morgan fingerprint density at radius 3 is 2.65 bits per heavy atom. The maximum Gasteiger partial charge on any atom is 0.305 e. The SMILES string of the molecule is CC(C)(C)[S@@+]([O-])NC(CC(=O)O)c1cccc(-c2ccoc2)c1. The summed E-state index contributed by atoms with van der Waals surface area (Å²) in [7, 11) is 0. The molecule has 2 atom stereocenters. The van der Waals surface area contributed by atoms with Crippen molar-refractivity contribution in [1.29, 1.82) is 0 Å². The summed E-state index contributed by atoms with van der Waals surface area (Å²) in [4.78, 5) is 11.2. The quantitative estimate of drug-likeness (QED) is 0.789. The van der Waals surface area contributed by atoms with Crippen LogP contribution in [0.25, 0.3) is 11.1 Å². The summed E-state index contributed by atoms with van der Waals surface area (Å²) in [6, 6.07) is 8.82. The zero-order valence-electron chi connectivity index (χ0n) is 13.4. The van der Waals surface area contributed by atoms with Crippen LogP contribution in [0.2, 0.25) is 0 Å². The lowest BCUT2D eigenvalue weighted by Crippen LogP contribution is -2.41. The minimum atomic E-state index is -1.36. The highest BCUT2D eigenvalue weighted by Gasteiger charge is 2.30. The maximum atomic E-state index is 12.3. The molecule has 0 spiro atoms. The molecule has 0 aliphatic rings. The molecule has 0 aliphatic carbocycles. The Balaban J connectivity index is 2.28. The number of carboxylic acids is 1. The van der Waals surface area contributed by atoms with Crippen LogP contribution >= 0.6 is 0 Å². The van der Waals surface area contributed by atoms with Crippen LogP contribution in [0.5, 0.6) is 0 Å². The van der Waals surface area contributed by atoms with E-state index in [1.54, 1.807) is 12.5 Å². The molecule has 2 rings (SSSR count).